The number of anilines is 1. The monoisotopic (exact) mass is 347 g/mol. The highest BCUT2D eigenvalue weighted by Crippen LogP contribution is 2.25. The molecule has 0 fully saturated rings. The van der Waals surface area contributed by atoms with Crippen molar-refractivity contribution in [2.75, 3.05) is 19.0 Å². The first-order valence-electron chi connectivity index (χ1n) is 8.20. The van der Waals surface area contributed by atoms with Crippen molar-refractivity contribution >= 4 is 33.5 Å². The number of fused-ring (bicyclic) bond motifs is 2. The number of aromatic nitrogens is 2. The first kappa shape index (κ1) is 16.1. The largest absolute Gasteiger partial charge is 0.422 e. The van der Waals surface area contributed by atoms with E-state index in [2.05, 4.69) is 9.97 Å². The molecule has 0 amide bonds. The lowest BCUT2D eigenvalue weighted by Gasteiger charge is -2.13. The molecular formula is C20H17N3O3. The third-order valence-electron chi connectivity index (χ3n) is 4.50. The van der Waals surface area contributed by atoms with E-state index >= 15 is 0 Å². The van der Waals surface area contributed by atoms with Crippen LogP contribution < -0.4 is 10.5 Å². The molecule has 130 valence electrons. The molecule has 1 N–H and O–H groups in total. The van der Waals surface area contributed by atoms with Crippen molar-refractivity contribution in [3.05, 3.63) is 69.8 Å². The molecular weight excluding hydrogens is 330 g/mol. The number of nitrogens with one attached hydrogen (secondary N) is 1. The molecule has 0 unspecified atom stereocenters. The summed E-state index contributed by atoms with van der Waals surface area (Å²) >= 11 is 0. The Labute approximate surface area is 149 Å². The number of imidazole rings is 1. The van der Waals surface area contributed by atoms with Crippen LogP contribution in [0.5, 0.6) is 0 Å². The van der Waals surface area contributed by atoms with Crippen LogP contribution >= 0.6 is 0 Å². The molecule has 26 heavy (non-hydrogen) atoms. The van der Waals surface area contributed by atoms with Gasteiger partial charge in [0, 0.05) is 31.2 Å². The average molecular weight is 347 g/mol. The molecule has 2 aromatic carbocycles. The van der Waals surface area contributed by atoms with Gasteiger partial charge in [-0.15, -0.1) is 0 Å². The van der Waals surface area contributed by atoms with Gasteiger partial charge in [0.25, 0.3) is 0 Å². The predicted molar refractivity (Wildman–Crippen MR) is 101 cm³/mol. The lowest BCUT2D eigenvalue weighted by atomic mass is 10.0. The molecule has 0 bridgehead atoms. The summed E-state index contributed by atoms with van der Waals surface area (Å²) in [7, 11) is 3.82. The molecule has 2 aromatic heterocycles. The van der Waals surface area contributed by atoms with Gasteiger partial charge in [-0.3, -0.25) is 4.79 Å². The van der Waals surface area contributed by atoms with Gasteiger partial charge in [0.1, 0.15) is 11.1 Å². The number of nitrogens with zero attached hydrogens (tertiary/aromatic N) is 2. The fourth-order valence-electron chi connectivity index (χ4n) is 3.06. The number of H-pyrrole nitrogens is 1. The fourth-order valence-corrected chi connectivity index (χ4v) is 3.06. The number of carbonyl (C=O) groups excluding carboxylic acids is 1. The van der Waals surface area contributed by atoms with E-state index in [1.165, 1.54) is 0 Å². The fraction of sp³-hybridized carbons (Fsp3) is 0.150. The van der Waals surface area contributed by atoms with Gasteiger partial charge in [-0.05, 0) is 36.8 Å². The average Bonchev–Trinajstić information content (AvgIpc) is 3.05. The number of rotatable bonds is 3. The van der Waals surface area contributed by atoms with Gasteiger partial charge in [-0.1, -0.05) is 12.1 Å². The van der Waals surface area contributed by atoms with Crippen molar-refractivity contribution in [3.63, 3.8) is 0 Å². The first-order chi connectivity index (χ1) is 12.5. The van der Waals surface area contributed by atoms with Crippen molar-refractivity contribution in [2.24, 2.45) is 0 Å². The maximum Gasteiger partial charge on any atom is 0.347 e. The quantitative estimate of drug-likeness (QED) is 0.454. The maximum absolute atomic E-state index is 12.9. The molecule has 0 aliphatic carbocycles. The molecule has 0 atom stereocenters. The molecule has 0 aliphatic rings. The smallest absolute Gasteiger partial charge is 0.347 e. The van der Waals surface area contributed by atoms with Gasteiger partial charge >= 0.3 is 5.63 Å². The van der Waals surface area contributed by atoms with Crippen molar-refractivity contribution in [3.8, 4) is 0 Å². The molecule has 0 saturated heterocycles. The number of carbonyl (C=O) groups is 1. The second-order valence-electron chi connectivity index (χ2n) is 6.40. The minimum atomic E-state index is -0.656. The summed E-state index contributed by atoms with van der Waals surface area (Å²) in [6.07, 6.45) is 0. The van der Waals surface area contributed by atoms with Crippen LogP contribution in [-0.4, -0.2) is 29.8 Å². The molecule has 4 rings (SSSR count). The Morgan fingerprint density at radius 1 is 1.15 bits per heavy atom. The Kier molecular flexibility index (Phi) is 3.61. The normalized spacial score (nSPS) is 11.2. The summed E-state index contributed by atoms with van der Waals surface area (Å²) < 4.78 is 5.44. The Morgan fingerprint density at radius 3 is 2.65 bits per heavy atom. The number of hydrogen-bond donors (Lipinski definition) is 1. The Balaban J connectivity index is 1.89. The molecule has 0 spiro atoms. The van der Waals surface area contributed by atoms with E-state index in [1.54, 1.807) is 19.1 Å². The molecule has 6 heteroatoms. The van der Waals surface area contributed by atoms with Crippen LogP contribution in [0.25, 0.3) is 22.0 Å². The molecule has 4 aromatic rings. The van der Waals surface area contributed by atoms with Gasteiger partial charge in [0.05, 0.1) is 11.0 Å². The van der Waals surface area contributed by atoms with Gasteiger partial charge in [0.2, 0.25) is 5.78 Å². The van der Waals surface area contributed by atoms with Crippen LogP contribution in [0.3, 0.4) is 0 Å². The highest BCUT2D eigenvalue weighted by atomic mass is 16.4. The first-order valence-corrected chi connectivity index (χ1v) is 8.20. The van der Waals surface area contributed by atoms with E-state index in [-0.39, 0.29) is 11.4 Å². The predicted octanol–water partition coefficient (Wildman–Crippen LogP) is 3.27. The zero-order valence-corrected chi connectivity index (χ0v) is 14.7. The van der Waals surface area contributed by atoms with Gasteiger partial charge < -0.3 is 14.3 Å². The third-order valence-corrected chi connectivity index (χ3v) is 4.50. The second kappa shape index (κ2) is 5.84. The topological polar surface area (TPSA) is 79.2 Å². The molecule has 0 aliphatic heterocycles. The zero-order valence-electron chi connectivity index (χ0n) is 14.7. The summed E-state index contributed by atoms with van der Waals surface area (Å²) in [5.41, 5.74) is 2.73. The van der Waals surface area contributed by atoms with Crippen LogP contribution in [0.2, 0.25) is 0 Å². The Hall–Kier alpha value is -3.41. The molecule has 0 saturated carbocycles. The van der Waals surface area contributed by atoms with E-state index in [1.807, 2.05) is 49.3 Å². The lowest BCUT2D eigenvalue weighted by Crippen LogP contribution is -2.18. The zero-order chi connectivity index (χ0) is 18.4. The van der Waals surface area contributed by atoms with E-state index in [9.17, 15) is 9.59 Å². The SMILES string of the molecule is Cc1c(C(=O)c2nc3ccccc3[nH]2)c(=O)oc2cc(N(C)C)ccc12. The van der Waals surface area contributed by atoms with Crippen molar-refractivity contribution in [2.45, 2.75) is 6.92 Å². The lowest BCUT2D eigenvalue weighted by molar-refractivity contribution is 0.102. The minimum Gasteiger partial charge on any atom is -0.422 e. The van der Waals surface area contributed by atoms with Gasteiger partial charge in [0.15, 0.2) is 5.82 Å². The van der Waals surface area contributed by atoms with Gasteiger partial charge in [-0.25, -0.2) is 9.78 Å². The number of aryl methyl sites for hydroxylation is 1. The Bertz CT molecular complexity index is 1190. The van der Waals surface area contributed by atoms with E-state index in [0.29, 0.717) is 16.7 Å². The van der Waals surface area contributed by atoms with E-state index < -0.39 is 11.4 Å². The van der Waals surface area contributed by atoms with Crippen LogP contribution in [0.15, 0.2) is 51.7 Å². The van der Waals surface area contributed by atoms with Gasteiger partial charge in [-0.2, -0.15) is 0 Å². The van der Waals surface area contributed by atoms with Crippen molar-refractivity contribution in [1.29, 1.82) is 0 Å². The summed E-state index contributed by atoms with van der Waals surface area (Å²) in [6, 6.07) is 12.9. The summed E-state index contributed by atoms with van der Waals surface area (Å²) in [5.74, 6) is -0.336. The van der Waals surface area contributed by atoms with E-state index in [0.717, 1.165) is 16.6 Å². The summed E-state index contributed by atoms with van der Waals surface area (Å²) in [5, 5.41) is 0.731. The highest BCUT2D eigenvalue weighted by molar-refractivity contribution is 6.10. The number of aromatic amines is 1. The maximum atomic E-state index is 12.9. The molecule has 6 nitrogen and oxygen atoms in total. The van der Waals surface area contributed by atoms with Crippen LogP contribution in [0, 0.1) is 6.92 Å². The minimum absolute atomic E-state index is 0.00848. The van der Waals surface area contributed by atoms with Crippen LogP contribution in [0.4, 0.5) is 5.69 Å². The van der Waals surface area contributed by atoms with Crippen LogP contribution in [-0.2, 0) is 0 Å². The van der Waals surface area contributed by atoms with Crippen LogP contribution in [0.1, 0.15) is 21.7 Å². The number of benzene rings is 2. The number of hydrogen-bond acceptors (Lipinski definition) is 5. The van der Waals surface area contributed by atoms with Crippen molar-refractivity contribution in [1.82, 2.24) is 9.97 Å². The third kappa shape index (κ3) is 2.47. The molecule has 0 radical (unpaired) electrons. The standard InChI is InChI=1S/C20H17N3O3/c1-11-13-9-8-12(23(2)3)10-16(13)26-20(25)17(11)18(24)19-21-14-6-4-5-7-15(14)22-19/h4-10H,1-3H3,(H,21,22). The summed E-state index contributed by atoms with van der Waals surface area (Å²) in [6.45, 7) is 1.75. The highest BCUT2D eigenvalue weighted by Gasteiger charge is 2.22. The van der Waals surface area contributed by atoms with E-state index in [4.69, 9.17) is 4.42 Å². The number of para-hydroxylation sites is 2. The number of ketones is 1. The molecule has 2 heterocycles. The Morgan fingerprint density at radius 2 is 1.92 bits per heavy atom. The second-order valence-corrected chi connectivity index (χ2v) is 6.40. The summed E-state index contributed by atoms with van der Waals surface area (Å²) in [4.78, 5) is 34.6. The van der Waals surface area contributed by atoms with Crippen molar-refractivity contribution < 1.29 is 9.21 Å².